The average Bonchev–Trinajstić information content (AvgIpc) is 4.05. The zero-order valence-corrected chi connectivity index (χ0v) is 50.5. The summed E-state index contributed by atoms with van der Waals surface area (Å²) in [5, 5.41) is 6.20. The number of carbonyl (C=O) groups is 4. The number of benzene rings is 4. The lowest BCUT2D eigenvalue weighted by molar-refractivity contribution is 0.00578. The van der Waals surface area contributed by atoms with Gasteiger partial charge in [0.15, 0.2) is 0 Å². The number of ether oxygens (including phenoxy) is 2. The van der Waals surface area contributed by atoms with Crippen LogP contribution in [0.1, 0.15) is 147 Å². The van der Waals surface area contributed by atoms with Gasteiger partial charge in [0.25, 0.3) is 11.8 Å². The maximum absolute atomic E-state index is 11.5. The van der Waals surface area contributed by atoms with Gasteiger partial charge >= 0.3 is 33.1 Å². The van der Waals surface area contributed by atoms with Crippen molar-refractivity contribution in [3.05, 3.63) is 131 Å². The zero-order chi connectivity index (χ0) is 54.6. The van der Waals surface area contributed by atoms with Gasteiger partial charge in [0.2, 0.25) is 0 Å². The second-order valence-electron chi connectivity index (χ2n) is 20.8. The molecule has 0 unspecified atom stereocenters. The van der Waals surface area contributed by atoms with E-state index >= 15 is 0 Å². The number of alkyl halides is 1. The molecule has 2 N–H and O–H groups in total. The lowest BCUT2D eigenvalue weighted by atomic mass is 9.49. The Morgan fingerprint density at radius 3 is 1.34 bits per heavy atom. The Bertz CT molecular complexity index is 2620. The lowest BCUT2D eigenvalue weighted by Gasteiger charge is -2.32. The molecular weight excluding hydrogens is 1200 g/mol. The SMILES string of the molecule is CC1(C)OB(B2OC(C)(C)C(C)(C)O2)OC1(C)C.CC1(C)OB(c2ccc3c(c2)CNC3=O)OC1(C)C.COC(=O)c1ccc(Br)cc1C.COC(=O)c1ccc(Br)cc1CBr.O=C1NCc2cc(Br)ccc21. The second kappa shape index (κ2) is 23.9. The number of amides is 2. The van der Waals surface area contributed by atoms with Crippen molar-refractivity contribution in [3.63, 3.8) is 0 Å². The van der Waals surface area contributed by atoms with Crippen LogP contribution in [0.2, 0.25) is 0 Å². The standard InChI is InChI=1S/C14H18BNO3.C12H24B2O4.C9H8Br2O2.C9H9BrO2.C8H6BrNO/c1-13(2)14(3,4)19-15(18-13)10-5-6-11-9(7-10)8-16-12(11)17;1-9(2)10(3,4)16-13(15-9)14-17-11(5,6)12(7,8)18-14;1-13-9(12)8-3-2-7(11)4-6(8)5-10;1-6-5-7(10)3-4-8(6)9(11)12-2;9-6-1-2-7-5(3-6)4-10-8(7)11/h5-7H,8H2,1-4H3,(H,16,17);1-8H3;2-4H,5H2,1H3;3-5H,1-2H3;1-3H,4H2,(H,10,11). The Kier molecular flexibility index (Phi) is 19.8. The number of methoxy groups -OCH3 is 2. The Morgan fingerprint density at radius 1 is 0.534 bits per heavy atom. The number of hydrogen-bond donors (Lipinski definition) is 2. The van der Waals surface area contributed by atoms with Gasteiger partial charge in [-0.15, -0.1) is 0 Å². The van der Waals surface area contributed by atoms with E-state index in [4.69, 9.17) is 27.9 Å². The van der Waals surface area contributed by atoms with Crippen molar-refractivity contribution in [1.82, 2.24) is 10.6 Å². The van der Waals surface area contributed by atoms with Crippen molar-refractivity contribution >= 4 is 114 Å². The lowest BCUT2D eigenvalue weighted by Crippen LogP contribution is -2.41. The van der Waals surface area contributed by atoms with E-state index in [9.17, 15) is 19.2 Å². The highest BCUT2D eigenvalue weighted by molar-refractivity contribution is 9.11. The van der Waals surface area contributed by atoms with Crippen molar-refractivity contribution in [2.75, 3.05) is 14.2 Å². The minimum absolute atomic E-state index is 0.00420. The van der Waals surface area contributed by atoms with Crippen molar-refractivity contribution in [2.24, 2.45) is 0 Å². The van der Waals surface area contributed by atoms with Crippen LogP contribution in [0.5, 0.6) is 0 Å². The first kappa shape index (κ1) is 60.5. The topological polar surface area (TPSA) is 166 Å². The molecule has 0 saturated carbocycles. The Labute approximate surface area is 465 Å². The van der Waals surface area contributed by atoms with Crippen LogP contribution in [-0.4, -0.2) is 92.7 Å². The Hall–Kier alpha value is -3.37. The van der Waals surface area contributed by atoms with E-state index < -0.39 is 14.0 Å². The molecular formula is C52H65B3Br4N2O12. The van der Waals surface area contributed by atoms with Crippen molar-refractivity contribution in [2.45, 2.75) is 142 Å². The molecule has 0 radical (unpaired) electrons. The molecule has 21 heteroatoms. The summed E-state index contributed by atoms with van der Waals surface area (Å²) in [4.78, 5) is 44.9. The number of carbonyl (C=O) groups excluding carboxylic acids is 4. The predicted octanol–water partition coefficient (Wildman–Crippen LogP) is 10.8. The number of halogens is 4. The molecule has 14 nitrogen and oxygen atoms in total. The first-order valence-corrected chi connectivity index (χ1v) is 27.1. The number of rotatable bonds is 5. The zero-order valence-electron chi connectivity index (χ0n) is 44.2. The summed E-state index contributed by atoms with van der Waals surface area (Å²) in [6.07, 6.45) is 0. The highest BCUT2D eigenvalue weighted by Crippen LogP contribution is 2.43. The fourth-order valence-electron chi connectivity index (χ4n) is 7.53. The van der Waals surface area contributed by atoms with Crippen LogP contribution in [-0.2, 0) is 55.8 Å². The van der Waals surface area contributed by atoms with Gasteiger partial charge in [0.05, 0.1) is 59.0 Å². The molecule has 5 aliphatic rings. The fourth-order valence-corrected chi connectivity index (χ4v) is 9.28. The van der Waals surface area contributed by atoms with Crippen LogP contribution in [0.3, 0.4) is 0 Å². The van der Waals surface area contributed by atoms with E-state index in [0.29, 0.717) is 29.5 Å². The molecule has 392 valence electrons. The molecule has 0 aromatic heterocycles. The molecule has 3 saturated heterocycles. The van der Waals surface area contributed by atoms with Gasteiger partial charge in [-0.05, 0) is 178 Å². The molecule has 5 aliphatic heterocycles. The van der Waals surface area contributed by atoms with Gasteiger partial charge in [-0.25, -0.2) is 9.59 Å². The van der Waals surface area contributed by atoms with E-state index in [1.807, 2.05) is 151 Å². The van der Waals surface area contributed by atoms with Gasteiger partial charge in [-0.1, -0.05) is 75.9 Å². The summed E-state index contributed by atoms with van der Waals surface area (Å²) in [6.45, 7) is 27.5. The molecule has 0 bridgehead atoms. The molecule has 9 rings (SSSR count). The van der Waals surface area contributed by atoms with Crippen LogP contribution in [0, 0.1) is 6.92 Å². The molecule has 2 amide bonds. The first-order valence-electron chi connectivity index (χ1n) is 23.6. The van der Waals surface area contributed by atoms with E-state index in [1.54, 1.807) is 12.1 Å². The normalized spacial score (nSPS) is 19.5. The third-order valence-corrected chi connectivity index (χ3v) is 16.1. The van der Waals surface area contributed by atoms with E-state index in [2.05, 4.69) is 83.8 Å². The Balaban J connectivity index is 0.000000172. The summed E-state index contributed by atoms with van der Waals surface area (Å²) in [5.74, 6) is -0.565. The Morgan fingerprint density at radius 2 is 0.904 bits per heavy atom. The third kappa shape index (κ3) is 14.4. The molecule has 0 atom stereocenters. The van der Waals surface area contributed by atoms with E-state index in [0.717, 1.165) is 52.3 Å². The molecule has 4 aromatic rings. The van der Waals surface area contributed by atoms with Crippen molar-refractivity contribution < 1.29 is 56.6 Å². The fraction of sp³-hybridized carbons (Fsp3) is 0.462. The van der Waals surface area contributed by atoms with Crippen molar-refractivity contribution in [3.8, 4) is 0 Å². The van der Waals surface area contributed by atoms with E-state index in [1.165, 1.54) is 14.2 Å². The number of aryl methyl sites for hydroxylation is 1. The maximum atomic E-state index is 11.5. The predicted molar refractivity (Wildman–Crippen MR) is 299 cm³/mol. The van der Waals surface area contributed by atoms with E-state index in [-0.39, 0.29) is 64.5 Å². The number of hydrogen-bond acceptors (Lipinski definition) is 12. The number of esters is 2. The summed E-state index contributed by atoms with van der Waals surface area (Å²) in [5.41, 5.74) is 5.52. The van der Waals surface area contributed by atoms with Crippen LogP contribution in [0.4, 0.5) is 0 Å². The van der Waals surface area contributed by atoms with Crippen LogP contribution in [0.25, 0.3) is 0 Å². The smallest absolute Gasteiger partial charge is 0.465 e. The molecule has 73 heavy (non-hydrogen) atoms. The van der Waals surface area contributed by atoms with Crippen LogP contribution in [0.15, 0.2) is 86.2 Å². The molecule has 5 heterocycles. The summed E-state index contributed by atoms with van der Waals surface area (Å²) in [7, 11) is 1.43. The first-order chi connectivity index (χ1) is 33.8. The molecule has 3 fully saturated rings. The van der Waals surface area contributed by atoms with Crippen LogP contribution < -0.4 is 16.1 Å². The molecule has 0 aliphatic carbocycles. The van der Waals surface area contributed by atoms with Gasteiger partial charge in [-0.2, -0.15) is 0 Å². The summed E-state index contributed by atoms with van der Waals surface area (Å²) >= 11 is 13.3. The molecule has 0 spiro atoms. The number of fused-ring (bicyclic) bond motifs is 2. The highest BCUT2D eigenvalue weighted by atomic mass is 79.9. The second-order valence-corrected chi connectivity index (χ2v) is 24.1. The van der Waals surface area contributed by atoms with Crippen LogP contribution >= 0.6 is 63.7 Å². The largest absolute Gasteiger partial charge is 0.494 e. The maximum Gasteiger partial charge on any atom is 0.494 e. The van der Waals surface area contributed by atoms with Gasteiger partial charge in [0, 0.05) is 43.0 Å². The van der Waals surface area contributed by atoms with Gasteiger partial charge in [0.1, 0.15) is 0 Å². The van der Waals surface area contributed by atoms with Crippen molar-refractivity contribution in [1.29, 1.82) is 0 Å². The minimum Gasteiger partial charge on any atom is -0.465 e. The molecule has 4 aromatic carbocycles. The number of nitrogens with one attached hydrogen (secondary N) is 2. The van der Waals surface area contributed by atoms with Gasteiger partial charge in [-0.3, -0.25) is 9.59 Å². The summed E-state index contributed by atoms with van der Waals surface area (Å²) in [6, 6.07) is 22.3. The third-order valence-electron chi connectivity index (χ3n) is 14.1. The highest BCUT2D eigenvalue weighted by Gasteiger charge is 2.63. The monoisotopic (exact) mass is 1260 g/mol. The summed E-state index contributed by atoms with van der Waals surface area (Å²) < 4.78 is 48.1. The quantitative estimate of drug-likeness (QED) is 0.110. The average molecular weight is 1260 g/mol. The van der Waals surface area contributed by atoms with Gasteiger partial charge < -0.3 is 48.0 Å². The minimum atomic E-state index is -0.476.